The summed E-state index contributed by atoms with van der Waals surface area (Å²) in [5.41, 5.74) is 2.99. The van der Waals surface area contributed by atoms with Gasteiger partial charge in [-0.1, -0.05) is 25.6 Å². The van der Waals surface area contributed by atoms with Gasteiger partial charge in [0.2, 0.25) is 5.91 Å². The van der Waals surface area contributed by atoms with Crippen molar-refractivity contribution in [1.82, 2.24) is 19.6 Å². The first-order valence-electron chi connectivity index (χ1n) is 10.6. The van der Waals surface area contributed by atoms with Crippen LogP contribution in [0.5, 0.6) is 0 Å². The average molecular weight is 484 g/mol. The molecule has 0 aliphatic carbocycles. The number of thiophene rings is 1. The quantitative estimate of drug-likeness (QED) is 0.292. The Morgan fingerprint density at radius 1 is 1.18 bits per heavy atom. The smallest absolute Gasteiger partial charge is 0.338 e. The van der Waals surface area contributed by atoms with Gasteiger partial charge in [-0.3, -0.25) is 9.20 Å². The average Bonchev–Trinajstić information content (AvgIpc) is 3.32. The Morgan fingerprint density at radius 2 is 1.91 bits per heavy atom. The lowest BCUT2D eigenvalue weighted by Crippen LogP contribution is -2.15. The zero-order chi connectivity index (χ0) is 23.7. The van der Waals surface area contributed by atoms with E-state index in [1.165, 1.54) is 16.6 Å². The topological polar surface area (TPSA) is 98.5 Å². The number of thioether (sulfide) groups is 1. The first-order chi connectivity index (χ1) is 15.8. The van der Waals surface area contributed by atoms with Gasteiger partial charge >= 0.3 is 5.97 Å². The van der Waals surface area contributed by atoms with E-state index in [9.17, 15) is 9.59 Å². The number of rotatable bonds is 7. The second kappa shape index (κ2) is 9.48. The van der Waals surface area contributed by atoms with Gasteiger partial charge in [-0.05, 0) is 50.6 Å². The molecule has 33 heavy (non-hydrogen) atoms. The Balaban J connectivity index is 1.53. The minimum absolute atomic E-state index is 0.164. The molecule has 1 amide bonds. The van der Waals surface area contributed by atoms with Gasteiger partial charge in [0.15, 0.2) is 10.8 Å². The van der Waals surface area contributed by atoms with Crippen LogP contribution < -0.4 is 5.32 Å². The number of carbonyl (C=O) groups is 2. The standard InChI is InChI=1S/C23H25N5O3S2/c1-6-31-22(30)15-7-9-16(10-8-15)24-17(29)11-32-23-27-26-20-18-13(4)14(5)33-21(18)25-19(12(2)3)28(20)23/h7-10,12H,6,11H2,1-5H3,(H,24,29). The molecule has 0 spiro atoms. The molecule has 0 fully saturated rings. The monoisotopic (exact) mass is 483 g/mol. The molecule has 4 aromatic rings. The van der Waals surface area contributed by atoms with Gasteiger partial charge in [-0.15, -0.1) is 21.5 Å². The summed E-state index contributed by atoms with van der Waals surface area (Å²) in [7, 11) is 0. The maximum atomic E-state index is 12.6. The van der Waals surface area contributed by atoms with Crippen LogP contribution in [0, 0.1) is 13.8 Å². The van der Waals surface area contributed by atoms with Crippen molar-refractivity contribution < 1.29 is 14.3 Å². The third kappa shape index (κ3) is 4.58. The second-order valence-corrected chi connectivity index (χ2v) is 10.0. The molecular weight excluding hydrogens is 458 g/mol. The predicted octanol–water partition coefficient (Wildman–Crippen LogP) is 4.99. The van der Waals surface area contributed by atoms with E-state index < -0.39 is 0 Å². The first-order valence-corrected chi connectivity index (χ1v) is 12.4. The molecule has 3 heterocycles. The third-order valence-electron chi connectivity index (χ3n) is 5.20. The van der Waals surface area contributed by atoms with Gasteiger partial charge in [-0.2, -0.15) is 0 Å². The Hall–Kier alpha value is -2.98. The fourth-order valence-electron chi connectivity index (χ4n) is 3.46. The predicted molar refractivity (Wildman–Crippen MR) is 131 cm³/mol. The Bertz CT molecular complexity index is 1340. The van der Waals surface area contributed by atoms with Crippen LogP contribution in [0.4, 0.5) is 5.69 Å². The lowest BCUT2D eigenvalue weighted by Gasteiger charge is -2.11. The number of nitrogens with one attached hydrogen (secondary N) is 1. The number of carbonyl (C=O) groups excluding carboxylic acids is 2. The summed E-state index contributed by atoms with van der Waals surface area (Å²) in [4.78, 5) is 31.4. The van der Waals surface area contributed by atoms with Crippen molar-refractivity contribution in [3.8, 4) is 0 Å². The molecule has 10 heteroatoms. The molecule has 0 saturated heterocycles. The van der Waals surface area contributed by atoms with E-state index in [0.717, 1.165) is 27.3 Å². The van der Waals surface area contributed by atoms with Crippen molar-refractivity contribution in [2.75, 3.05) is 17.7 Å². The van der Waals surface area contributed by atoms with Crippen molar-refractivity contribution >= 4 is 56.5 Å². The number of fused-ring (bicyclic) bond motifs is 3. The van der Waals surface area contributed by atoms with Gasteiger partial charge in [0.1, 0.15) is 10.7 Å². The van der Waals surface area contributed by atoms with Crippen molar-refractivity contribution in [2.45, 2.75) is 45.7 Å². The number of benzene rings is 1. The highest BCUT2D eigenvalue weighted by atomic mass is 32.2. The maximum Gasteiger partial charge on any atom is 0.338 e. The minimum Gasteiger partial charge on any atom is -0.462 e. The normalized spacial score (nSPS) is 11.5. The van der Waals surface area contributed by atoms with Gasteiger partial charge < -0.3 is 10.1 Å². The Morgan fingerprint density at radius 3 is 2.58 bits per heavy atom. The number of esters is 1. The SMILES string of the molecule is CCOC(=O)c1ccc(NC(=O)CSc2nnc3c4c(C)c(C)sc4nc(C(C)C)n23)cc1. The summed E-state index contributed by atoms with van der Waals surface area (Å²) in [5, 5.41) is 13.3. The molecule has 0 aliphatic rings. The van der Waals surface area contributed by atoms with E-state index >= 15 is 0 Å². The summed E-state index contributed by atoms with van der Waals surface area (Å²) < 4.78 is 6.95. The van der Waals surface area contributed by atoms with Crippen LogP contribution in [0.2, 0.25) is 0 Å². The number of anilines is 1. The molecular formula is C23H25N5O3S2. The number of amides is 1. The van der Waals surface area contributed by atoms with E-state index in [2.05, 4.69) is 43.2 Å². The third-order valence-corrected chi connectivity index (χ3v) is 7.23. The summed E-state index contributed by atoms with van der Waals surface area (Å²) in [6.45, 7) is 10.4. The molecule has 1 N–H and O–H groups in total. The van der Waals surface area contributed by atoms with Crippen molar-refractivity contribution in [3.63, 3.8) is 0 Å². The molecule has 0 bridgehead atoms. The van der Waals surface area contributed by atoms with Crippen molar-refractivity contribution in [1.29, 1.82) is 0 Å². The van der Waals surface area contributed by atoms with Crippen LogP contribution in [-0.4, -0.2) is 43.8 Å². The van der Waals surface area contributed by atoms with Crippen LogP contribution >= 0.6 is 23.1 Å². The maximum absolute atomic E-state index is 12.6. The van der Waals surface area contributed by atoms with Crippen LogP contribution in [0.1, 0.15) is 53.3 Å². The highest BCUT2D eigenvalue weighted by Gasteiger charge is 2.21. The number of ether oxygens (including phenoxy) is 1. The lowest BCUT2D eigenvalue weighted by molar-refractivity contribution is -0.113. The minimum atomic E-state index is -0.385. The number of aromatic nitrogens is 4. The lowest BCUT2D eigenvalue weighted by atomic mass is 10.2. The van der Waals surface area contributed by atoms with E-state index in [1.807, 2.05) is 4.40 Å². The zero-order valence-corrected chi connectivity index (χ0v) is 20.8. The molecule has 0 aliphatic heterocycles. The van der Waals surface area contributed by atoms with Crippen LogP contribution in [0.15, 0.2) is 29.4 Å². The molecule has 4 rings (SSSR count). The fourth-order valence-corrected chi connectivity index (χ4v) is 5.23. The molecule has 172 valence electrons. The first kappa shape index (κ1) is 23.2. The van der Waals surface area contributed by atoms with Gasteiger partial charge in [0.05, 0.1) is 23.3 Å². The number of hydrogen-bond donors (Lipinski definition) is 1. The van der Waals surface area contributed by atoms with Crippen molar-refractivity contribution in [2.24, 2.45) is 0 Å². The summed E-state index contributed by atoms with van der Waals surface area (Å²) >= 11 is 2.99. The van der Waals surface area contributed by atoms with E-state index in [1.54, 1.807) is 42.5 Å². The summed E-state index contributed by atoms with van der Waals surface area (Å²) in [6.07, 6.45) is 0. The van der Waals surface area contributed by atoms with Crippen LogP contribution in [0.3, 0.4) is 0 Å². The molecule has 0 saturated carbocycles. The second-order valence-electron chi connectivity index (χ2n) is 7.86. The highest BCUT2D eigenvalue weighted by molar-refractivity contribution is 7.99. The Kier molecular flexibility index (Phi) is 6.66. The highest BCUT2D eigenvalue weighted by Crippen LogP contribution is 2.34. The van der Waals surface area contributed by atoms with E-state index in [0.29, 0.717) is 23.0 Å². The molecule has 3 aromatic heterocycles. The van der Waals surface area contributed by atoms with E-state index in [4.69, 9.17) is 9.72 Å². The summed E-state index contributed by atoms with van der Waals surface area (Å²) in [6, 6.07) is 6.62. The number of hydrogen-bond acceptors (Lipinski definition) is 8. The Labute approximate surface area is 199 Å². The van der Waals surface area contributed by atoms with Crippen LogP contribution in [0.25, 0.3) is 15.9 Å². The van der Waals surface area contributed by atoms with Crippen LogP contribution in [-0.2, 0) is 9.53 Å². The van der Waals surface area contributed by atoms with Crippen molar-refractivity contribution in [3.05, 3.63) is 46.1 Å². The van der Waals surface area contributed by atoms with E-state index in [-0.39, 0.29) is 23.5 Å². The molecule has 8 nitrogen and oxygen atoms in total. The summed E-state index contributed by atoms with van der Waals surface area (Å²) in [5.74, 6) is 0.646. The number of nitrogens with zero attached hydrogens (tertiary/aromatic N) is 4. The van der Waals surface area contributed by atoms with Gasteiger partial charge in [-0.25, -0.2) is 9.78 Å². The molecule has 0 unspecified atom stereocenters. The largest absolute Gasteiger partial charge is 0.462 e. The molecule has 0 atom stereocenters. The molecule has 0 radical (unpaired) electrons. The zero-order valence-electron chi connectivity index (χ0n) is 19.1. The molecule has 1 aromatic carbocycles. The van der Waals surface area contributed by atoms with Gasteiger partial charge in [0, 0.05) is 16.5 Å². The fraction of sp³-hybridized carbons (Fsp3) is 0.348. The number of aryl methyl sites for hydroxylation is 2. The van der Waals surface area contributed by atoms with Gasteiger partial charge in [0.25, 0.3) is 0 Å².